The normalized spacial score (nSPS) is 11.8. The van der Waals surface area contributed by atoms with Crippen LogP contribution in [-0.4, -0.2) is 19.2 Å². The van der Waals surface area contributed by atoms with Gasteiger partial charge in [-0.05, 0) is 46.9 Å². The smallest absolute Gasteiger partial charge is 0.407 e. The summed E-state index contributed by atoms with van der Waals surface area (Å²) in [5.74, 6) is 6.23. The van der Waals surface area contributed by atoms with E-state index in [2.05, 4.69) is 41.4 Å². The first-order chi connectivity index (χ1) is 14.6. The fourth-order valence-corrected chi connectivity index (χ4v) is 3.95. The summed E-state index contributed by atoms with van der Waals surface area (Å²) in [5, 5.41) is 3.48. The van der Waals surface area contributed by atoms with E-state index in [0.717, 1.165) is 11.1 Å². The zero-order chi connectivity index (χ0) is 20.9. The molecule has 3 aromatic rings. The minimum atomic E-state index is -0.419. The number of carbonyl (C=O) groups is 1. The second-order valence-corrected chi connectivity index (χ2v) is 7.62. The lowest BCUT2D eigenvalue weighted by molar-refractivity contribution is 0.143. The van der Waals surface area contributed by atoms with E-state index in [9.17, 15) is 4.79 Å². The van der Waals surface area contributed by atoms with Crippen LogP contribution in [0.15, 0.2) is 66.7 Å². The summed E-state index contributed by atoms with van der Waals surface area (Å²) < 4.78 is 5.52. The molecule has 4 rings (SSSR count). The van der Waals surface area contributed by atoms with Crippen LogP contribution in [0.4, 0.5) is 4.79 Å². The fourth-order valence-electron chi connectivity index (χ4n) is 3.78. The van der Waals surface area contributed by atoms with Crippen molar-refractivity contribution in [3.8, 4) is 23.0 Å². The van der Waals surface area contributed by atoms with Gasteiger partial charge >= 0.3 is 6.09 Å². The first-order valence-electron chi connectivity index (χ1n) is 9.98. The SMILES string of the molecule is Cc1c(Cl)cccc1C#CCCNC(=O)OCC1c2ccccc2-c2ccccc21. The molecule has 0 fully saturated rings. The second kappa shape index (κ2) is 9.07. The number of hydrogen-bond donors (Lipinski definition) is 1. The van der Waals surface area contributed by atoms with Crippen LogP contribution in [0.2, 0.25) is 5.02 Å². The van der Waals surface area contributed by atoms with E-state index in [0.29, 0.717) is 24.6 Å². The molecule has 1 aliphatic carbocycles. The maximum absolute atomic E-state index is 12.2. The fraction of sp³-hybridized carbons (Fsp3) is 0.192. The van der Waals surface area contributed by atoms with Gasteiger partial charge in [0.2, 0.25) is 0 Å². The lowest BCUT2D eigenvalue weighted by Gasteiger charge is -2.14. The molecule has 0 unspecified atom stereocenters. The molecule has 0 saturated carbocycles. The van der Waals surface area contributed by atoms with Crippen LogP contribution >= 0.6 is 11.6 Å². The summed E-state index contributed by atoms with van der Waals surface area (Å²) in [6, 6.07) is 22.2. The predicted octanol–water partition coefficient (Wildman–Crippen LogP) is 5.93. The molecule has 1 aliphatic rings. The van der Waals surface area contributed by atoms with Gasteiger partial charge in [-0.15, -0.1) is 0 Å². The van der Waals surface area contributed by atoms with Crippen molar-refractivity contribution in [2.24, 2.45) is 0 Å². The van der Waals surface area contributed by atoms with E-state index in [1.807, 2.05) is 49.4 Å². The summed E-state index contributed by atoms with van der Waals surface area (Å²) in [7, 11) is 0. The van der Waals surface area contributed by atoms with Crippen molar-refractivity contribution in [2.75, 3.05) is 13.2 Å². The molecule has 1 amide bonds. The topological polar surface area (TPSA) is 38.3 Å². The molecule has 30 heavy (non-hydrogen) atoms. The average Bonchev–Trinajstić information content (AvgIpc) is 3.09. The van der Waals surface area contributed by atoms with E-state index < -0.39 is 6.09 Å². The summed E-state index contributed by atoms with van der Waals surface area (Å²) in [6.07, 6.45) is 0.119. The quantitative estimate of drug-likeness (QED) is 0.423. The van der Waals surface area contributed by atoms with Gasteiger partial charge in [-0.2, -0.15) is 0 Å². The summed E-state index contributed by atoms with van der Waals surface area (Å²) in [4.78, 5) is 12.2. The summed E-state index contributed by atoms with van der Waals surface area (Å²) in [6.45, 7) is 2.69. The average molecular weight is 416 g/mol. The van der Waals surface area contributed by atoms with Gasteiger partial charge in [0, 0.05) is 29.5 Å². The van der Waals surface area contributed by atoms with E-state index in [1.165, 1.54) is 22.3 Å². The van der Waals surface area contributed by atoms with Crippen LogP contribution in [0.1, 0.15) is 34.6 Å². The zero-order valence-electron chi connectivity index (χ0n) is 16.7. The molecule has 3 aromatic carbocycles. The lowest BCUT2D eigenvalue weighted by Crippen LogP contribution is -2.26. The minimum Gasteiger partial charge on any atom is -0.449 e. The molecule has 0 saturated heterocycles. The number of alkyl carbamates (subject to hydrolysis) is 1. The van der Waals surface area contributed by atoms with Gasteiger partial charge in [-0.3, -0.25) is 0 Å². The van der Waals surface area contributed by atoms with Crippen LogP contribution in [0.3, 0.4) is 0 Å². The maximum atomic E-state index is 12.2. The van der Waals surface area contributed by atoms with Gasteiger partial charge in [0.1, 0.15) is 6.61 Å². The van der Waals surface area contributed by atoms with Crippen molar-refractivity contribution >= 4 is 17.7 Å². The monoisotopic (exact) mass is 415 g/mol. The van der Waals surface area contributed by atoms with Crippen LogP contribution < -0.4 is 5.32 Å². The van der Waals surface area contributed by atoms with Crippen LogP contribution in [0.5, 0.6) is 0 Å². The Morgan fingerprint density at radius 1 is 1.00 bits per heavy atom. The van der Waals surface area contributed by atoms with Gasteiger partial charge < -0.3 is 10.1 Å². The van der Waals surface area contributed by atoms with Crippen molar-refractivity contribution in [3.05, 3.63) is 94.0 Å². The van der Waals surface area contributed by atoms with Crippen LogP contribution in [0, 0.1) is 18.8 Å². The van der Waals surface area contributed by atoms with Crippen molar-refractivity contribution in [2.45, 2.75) is 19.3 Å². The van der Waals surface area contributed by atoms with E-state index in [1.54, 1.807) is 0 Å². The standard InChI is InChI=1S/C26H22ClNO2/c1-18-19(10-8-15-25(18)27)9-6-7-16-28-26(29)30-17-24-22-13-4-2-11-20(22)21-12-3-5-14-23(21)24/h2-5,8,10-15,24H,7,16-17H2,1H3,(H,28,29). The first-order valence-corrected chi connectivity index (χ1v) is 10.4. The highest BCUT2D eigenvalue weighted by Crippen LogP contribution is 2.44. The minimum absolute atomic E-state index is 0.0637. The Hall–Kier alpha value is -3.22. The van der Waals surface area contributed by atoms with Crippen LogP contribution in [0.25, 0.3) is 11.1 Å². The molecule has 3 nitrogen and oxygen atoms in total. The molecule has 0 bridgehead atoms. The molecule has 0 spiro atoms. The highest BCUT2D eigenvalue weighted by atomic mass is 35.5. The number of fused-ring (bicyclic) bond motifs is 3. The van der Waals surface area contributed by atoms with Crippen molar-refractivity contribution in [1.82, 2.24) is 5.32 Å². The van der Waals surface area contributed by atoms with Crippen molar-refractivity contribution < 1.29 is 9.53 Å². The van der Waals surface area contributed by atoms with Gasteiger partial charge in [0.25, 0.3) is 0 Å². The highest BCUT2D eigenvalue weighted by Gasteiger charge is 2.28. The molecular weight excluding hydrogens is 394 g/mol. The molecule has 0 aliphatic heterocycles. The first kappa shape index (κ1) is 20.1. The molecule has 0 heterocycles. The largest absolute Gasteiger partial charge is 0.449 e. The third-order valence-corrected chi connectivity index (χ3v) is 5.76. The number of rotatable bonds is 4. The second-order valence-electron chi connectivity index (χ2n) is 7.22. The number of halogens is 1. The number of amides is 1. The molecule has 0 aromatic heterocycles. The molecule has 150 valence electrons. The molecule has 4 heteroatoms. The Morgan fingerprint density at radius 3 is 2.37 bits per heavy atom. The molecule has 1 N–H and O–H groups in total. The zero-order valence-corrected chi connectivity index (χ0v) is 17.5. The van der Waals surface area contributed by atoms with E-state index in [-0.39, 0.29) is 5.92 Å². The number of nitrogens with one attached hydrogen (secondary N) is 1. The van der Waals surface area contributed by atoms with Gasteiger partial charge in [0.05, 0.1) is 0 Å². The third kappa shape index (κ3) is 4.20. The van der Waals surface area contributed by atoms with Crippen molar-refractivity contribution in [3.63, 3.8) is 0 Å². The summed E-state index contributed by atoms with van der Waals surface area (Å²) >= 11 is 6.11. The Kier molecular flexibility index (Phi) is 6.07. The Bertz CT molecular complexity index is 1100. The Balaban J connectivity index is 1.30. The lowest BCUT2D eigenvalue weighted by atomic mass is 9.98. The summed E-state index contributed by atoms with van der Waals surface area (Å²) in [5.41, 5.74) is 6.71. The number of carbonyl (C=O) groups excluding carboxylic acids is 1. The third-order valence-electron chi connectivity index (χ3n) is 5.35. The molecule has 0 radical (unpaired) electrons. The van der Waals surface area contributed by atoms with E-state index >= 15 is 0 Å². The maximum Gasteiger partial charge on any atom is 0.407 e. The van der Waals surface area contributed by atoms with Crippen molar-refractivity contribution in [1.29, 1.82) is 0 Å². The number of hydrogen-bond acceptors (Lipinski definition) is 2. The molecular formula is C26H22ClNO2. The predicted molar refractivity (Wildman–Crippen MR) is 121 cm³/mol. The van der Waals surface area contributed by atoms with Crippen LogP contribution in [-0.2, 0) is 4.74 Å². The van der Waals surface area contributed by atoms with Gasteiger partial charge in [-0.1, -0.05) is 78.0 Å². The van der Waals surface area contributed by atoms with Gasteiger partial charge in [-0.25, -0.2) is 4.79 Å². The highest BCUT2D eigenvalue weighted by molar-refractivity contribution is 6.31. The van der Waals surface area contributed by atoms with E-state index in [4.69, 9.17) is 16.3 Å². The Morgan fingerprint density at radius 2 is 1.67 bits per heavy atom. The number of benzene rings is 3. The number of ether oxygens (including phenoxy) is 1. The molecule has 0 atom stereocenters. The van der Waals surface area contributed by atoms with Gasteiger partial charge in [0.15, 0.2) is 0 Å². The Labute approximate surface area is 182 Å².